The number of nitrogens with one attached hydrogen (secondary N) is 1. The van der Waals surface area contributed by atoms with Gasteiger partial charge < -0.3 is 15.2 Å². The lowest BCUT2D eigenvalue weighted by atomic mass is 9.91. The van der Waals surface area contributed by atoms with Gasteiger partial charge in [-0.15, -0.1) is 0 Å². The molecule has 1 saturated carbocycles. The SMILES string of the molecule is COc1ccccc1C(NCCCO)C1CCCC1. The van der Waals surface area contributed by atoms with Gasteiger partial charge in [0.25, 0.3) is 0 Å². The first kappa shape index (κ1) is 14.4. The number of para-hydroxylation sites is 1. The molecular weight excluding hydrogens is 238 g/mol. The van der Waals surface area contributed by atoms with E-state index in [1.165, 1.54) is 31.2 Å². The minimum atomic E-state index is 0.246. The summed E-state index contributed by atoms with van der Waals surface area (Å²) in [5.74, 6) is 1.66. The number of rotatable bonds is 7. The van der Waals surface area contributed by atoms with E-state index < -0.39 is 0 Å². The zero-order valence-corrected chi connectivity index (χ0v) is 11.8. The Labute approximate surface area is 116 Å². The van der Waals surface area contributed by atoms with Crippen molar-refractivity contribution in [2.24, 2.45) is 5.92 Å². The van der Waals surface area contributed by atoms with E-state index in [1.54, 1.807) is 7.11 Å². The smallest absolute Gasteiger partial charge is 0.123 e. The van der Waals surface area contributed by atoms with Crippen molar-refractivity contribution in [3.63, 3.8) is 0 Å². The molecule has 1 fully saturated rings. The summed E-state index contributed by atoms with van der Waals surface area (Å²) >= 11 is 0. The Morgan fingerprint density at radius 2 is 2.05 bits per heavy atom. The summed E-state index contributed by atoms with van der Waals surface area (Å²) in [5, 5.41) is 12.6. The lowest BCUT2D eigenvalue weighted by Crippen LogP contribution is -2.28. The lowest BCUT2D eigenvalue weighted by Gasteiger charge is -2.26. The van der Waals surface area contributed by atoms with Gasteiger partial charge in [-0.3, -0.25) is 0 Å². The van der Waals surface area contributed by atoms with Gasteiger partial charge >= 0.3 is 0 Å². The average Bonchev–Trinajstić information content (AvgIpc) is 2.98. The van der Waals surface area contributed by atoms with Gasteiger partial charge in [-0.2, -0.15) is 0 Å². The molecule has 0 aliphatic heterocycles. The molecule has 0 aromatic heterocycles. The molecule has 1 unspecified atom stereocenters. The second kappa shape index (κ2) is 7.51. The number of aliphatic hydroxyl groups excluding tert-OH is 1. The van der Waals surface area contributed by atoms with Crippen molar-refractivity contribution in [1.82, 2.24) is 5.32 Å². The summed E-state index contributed by atoms with van der Waals surface area (Å²) < 4.78 is 5.50. The van der Waals surface area contributed by atoms with Crippen molar-refractivity contribution in [1.29, 1.82) is 0 Å². The van der Waals surface area contributed by atoms with E-state index in [1.807, 2.05) is 12.1 Å². The van der Waals surface area contributed by atoms with Gasteiger partial charge in [-0.1, -0.05) is 31.0 Å². The molecule has 0 radical (unpaired) electrons. The minimum absolute atomic E-state index is 0.246. The van der Waals surface area contributed by atoms with Crippen LogP contribution in [0.2, 0.25) is 0 Å². The average molecular weight is 263 g/mol. The van der Waals surface area contributed by atoms with E-state index in [0.29, 0.717) is 12.0 Å². The number of ether oxygens (including phenoxy) is 1. The predicted molar refractivity (Wildman–Crippen MR) is 77.4 cm³/mol. The molecule has 0 amide bonds. The molecule has 0 bridgehead atoms. The monoisotopic (exact) mass is 263 g/mol. The van der Waals surface area contributed by atoms with Crippen molar-refractivity contribution < 1.29 is 9.84 Å². The highest BCUT2D eigenvalue weighted by atomic mass is 16.5. The molecule has 0 spiro atoms. The molecule has 0 saturated heterocycles. The van der Waals surface area contributed by atoms with Crippen LogP contribution in [0, 0.1) is 5.92 Å². The van der Waals surface area contributed by atoms with Gasteiger partial charge in [-0.05, 0) is 37.8 Å². The van der Waals surface area contributed by atoms with Crippen LogP contribution in [0.1, 0.15) is 43.7 Å². The molecular formula is C16H25NO2. The molecule has 106 valence electrons. The fourth-order valence-electron chi connectivity index (χ4n) is 3.08. The van der Waals surface area contributed by atoms with Gasteiger partial charge in [-0.25, -0.2) is 0 Å². The zero-order valence-electron chi connectivity index (χ0n) is 11.8. The van der Waals surface area contributed by atoms with Gasteiger partial charge in [0.2, 0.25) is 0 Å². The predicted octanol–water partition coefficient (Wildman–Crippen LogP) is 2.90. The maximum Gasteiger partial charge on any atom is 0.123 e. The molecule has 1 atom stereocenters. The third-order valence-corrected chi connectivity index (χ3v) is 4.04. The molecule has 3 heteroatoms. The van der Waals surface area contributed by atoms with E-state index in [-0.39, 0.29) is 6.61 Å². The Bertz CT molecular complexity index is 375. The second-order valence-electron chi connectivity index (χ2n) is 5.30. The first-order valence-electron chi connectivity index (χ1n) is 7.34. The Morgan fingerprint density at radius 1 is 1.32 bits per heavy atom. The van der Waals surface area contributed by atoms with Crippen LogP contribution in [0.4, 0.5) is 0 Å². The summed E-state index contributed by atoms with van der Waals surface area (Å²) in [6.45, 7) is 1.10. The Kier molecular flexibility index (Phi) is 5.67. The fraction of sp³-hybridized carbons (Fsp3) is 0.625. The van der Waals surface area contributed by atoms with Crippen molar-refractivity contribution in [3.05, 3.63) is 29.8 Å². The molecule has 1 aliphatic rings. The third-order valence-electron chi connectivity index (χ3n) is 4.04. The van der Waals surface area contributed by atoms with Crippen molar-refractivity contribution in [2.45, 2.75) is 38.1 Å². The van der Waals surface area contributed by atoms with Crippen LogP contribution in [0.3, 0.4) is 0 Å². The summed E-state index contributed by atoms with van der Waals surface area (Å²) in [4.78, 5) is 0. The summed E-state index contributed by atoms with van der Waals surface area (Å²) in [6, 6.07) is 8.64. The van der Waals surface area contributed by atoms with Crippen LogP contribution >= 0.6 is 0 Å². The minimum Gasteiger partial charge on any atom is -0.496 e. The zero-order chi connectivity index (χ0) is 13.5. The van der Waals surface area contributed by atoms with Gasteiger partial charge in [0.1, 0.15) is 5.75 Å². The number of aliphatic hydroxyl groups is 1. The molecule has 19 heavy (non-hydrogen) atoms. The summed E-state index contributed by atoms with van der Waals surface area (Å²) in [7, 11) is 1.73. The molecule has 3 nitrogen and oxygen atoms in total. The molecule has 1 aliphatic carbocycles. The van der Waals surface area contributed by atoms with Crippen LogP contribution in [-0.4, -0.2) is 25.4 Å². The largest absolute Gasteiger partial charge is 0.496 e. The van der Waals surface area contributed by atoms with Crippen LogP contribution in [0.25, 0.3) is 0 Å². The van der Waals surface area contributed by atoms with E-state index in [0.717, 1.165) is 18.7 Å². The Balaban J connectivity index is 2.14. The van der Waals surface area contributed by atoms with E-state index in [9.17, 15) is 0 Å². The van der Waals surface area contributed by atoms with Crippen LogP contribution < -0.4 is 10.1 Å². The molecule has 0 heterocycles. The van der Waals surface area contributed by atoms with Gasteiger partial charge in [0.05, 0.1) is 7.11 Å². The highest BCUT2D eigenvalue weighted by Crippen LogP contribution is 2.38. The summed E-state index contributed by atoms with van der Waals surface area (Å²) in [5.41, 5.74) is 1.26. The number of methoxy groups -OCH3 is 1. The number of hydrogen-bond acceptors (Lipinski definition) is 3. The van der Waals surface area contributed by atoms with Gasteiger partial charge in [0.15, 0.2) is 0 Å². The molecule has 1 aromatic carbocycles. The quantitative estimate of drug-likeness (QED) is 0.743. The normalized spacial score (nSPS) is 17.6. The van der Waals surface area contributed by atoms with E-state index in [2.05, 4.69) is 17.4 Å². The van der Waals surface area contributed by atoms with Crippen molar-refractivity contribution in [3.8, 4) is 5.75 Å². The first-order chi connectivity index (χ1) is 9.36. The number of hydrogen-bond donors (Lipinski definition) is 2. The van der Waals surface area contributed by atoms with E-state index in [4.69, 9.17) is 9.84 Å². The highest BCUT2D eigenvalue weighted by molar-refractivity contribution is 5.36. The number of benzene rings is 1. The molecule has 2 N–H and O–H groups in total. The first-order valence-corrected chi connectivity index (χ1v) is 7.34. The highest BCUT2D eigenvalue weighted by Gasteiger charge is 2.27. The van der Waals surface area contributed by atoms with Crippen molar-refractivity contribution in [2.75, 3.05) is 20.3 Å². The molecule has 1 aromatic rings. The van der Waals surface area contributed by atoms with Crippen LogP contribution in [-0.2, 0) is 0 Å². The lowest BCUT2D eigenvalue weighted by molar-refractivity contribution is 0.274. The summed E-state index contributed by atoms with van der Waals surface area (Å²) in [6.07, 6.45) is 6.04. The topological polar surface area (TPSA) is 41.5 Å². The van der Waals surface area contributed by atoms with Crippen molar-refractivity contribution >= 4 is 0 Å². The van der Waals surface area contributed by atoms with E-state index >= 15 is 0 Å². The Morgan fingerprint density at radius 3 is 2.74 bits per heavy atom. The maximum absolute atomic E-state index is 8.95. The molecule has 2 rings (SSSR count). The van der Waals surface area contributed by atoms with Gasteiger partial charge in [0, 0.05) is 18.2 Å². The second-order valence-corrected chi connectivity index (χ2v) is 5.30. The fourth-order valence-corrected chi connectivity index (χ4v) is 3.08. The van der Waals surface area contributed by atoms with Crippen LogP contribution in [0.15, 0.2) is 24.3 Å². The standard InChI is InChI=1S/C16H25NO2/c1-19-15-10-5-4-9-14(15)16(17-11-6-12-18)13-7-2-3-8-13/h4-5,9-10,13,16-18H,2-3,6-8,11-12H2,1H3. The van der Waals surface area contributed by atoms with Crippen LogP contribution in [0.5, 0.6) is 5.75 Å². The maximum atomic E-state index is 8.95. The Hall–Kier alpha value is -1.06. The third kappa shape index (κ3) is 3.71.